The van der Waals surface area contributed by atoms with Gasteiger partial charge < -0.3 is 5.32 Å². The molecule has 0 spiro atoms. The Hall–Kier alpha value is -4.36. The topological polar surface area (TPSA) is 122 Å². The van der Waals surface area contributed by atoms with E-state index in [-0.39, 0.29) is 17.0 Å². The highest BCUT2D eigenvalue weighted by molar-refractivity contribution is 7.90. The Bertz CT molecular complexity index is 1820. The van der Waals surface area contributed by atoms with E-state index in [1.165, 1.54) is 18.2 Å². The lowest BCUT2D eigenvalue weighted by atomic mass is 10.1. The van der Waals surface area contributed by atoms with Crippen molar-refractivity contribution in [3.63, 3.8) is 0 Å². The number of rotatable bonds is 7. The molecule has 5 aromatic rings. The van der Waals surface area contributed by atoms with Crippen LogP contribution in [-0.2, 0) is 22.6 Å². The number of halogens is 4. The molecule has 3 N–H and O–H groups in total. The molecule has 0 aliphatic carbocycles. The number of sulfonamides is 1. The Labute approximate surface area is 237 Å². The number of amides is 2. The van der Waals surface area contributed by atoms with Crippen molar-refractivity contribution in [1.29, 1.82) is 0 Å². The number of benzene rings is 3. The second kappa shape index (κ2) is 10.9. The maximum Gasteiger partial charge on any atom is 0.417 e. The Kier molecular flexibility index (Phi) is 7.49. The molecule has 0 saturated carbocycles. The van der Waals surface area contributed by atoms with Gasteiger partial charge in [0, 0.05) is 18.4 Å². The first kappa shape index (κ1) is 28.2. The van der Waals surface area contributed by atoms with Crippen molar-refractivity contribution < 1.29 is 26.4 Å². The van der Waals surface area contributed by atoms with Gasteiger partial charge >= 0.3 is 12.2 Å². The summed E-state index contributed by atoms with van der Waals surface area (Å²) in [6.07, 6.45) is -2.68. The monoisotopic (exact) mass is 602 g/mol. The molecule has 0 atom stereocenters. The smallest absolute Gasteiger partial charge is 0.337 e. The molecule has 41 heavy (non-hydrogen) atoms. The average Bonchev–Trinajstić information content (AvgIpc) is 3.56. The van der Waals surface area contributed by atoms with Crippen molar-refractivity contribution >= 4 is 38.7 Å². The number of fused-ring (bicyclic) bond motifs is 1. The molecular formula is C27H22ClF3N6O3S. The lowest BCUT2D eigenvalue weighted by Crippen LogP contribution is -2.40. The first-order valence-corrected chi connectivity index (χ1v) is 14.0. The minimum absolute atomic E-state index is 0.0222. The van der Waals surface area contributed by atoms with Crippen molar-refractivity contribution in [2.24, 2.45) is 0 Å². The Morgan fingerprint density at radius 2 is 1.76 bits per heavy atom. The summed E-state index contributed by atoms with van der Waals surface area (Å²) >= 11 is 6.01. The van der Waals surface area contributed by atoms with E-state index in [2.05, 4.69) is 20.5 Å². The zero-order valence-electron chi connectivity index (χ0n) is 21.3. The SMILES string of the molecule is Cc1ccc(S(=O)(=O)NC(=O)NCCc2ccc(-n3c(-c4cc[nH]n4)nc4cc(C(F)(F)F)c(Cl)cc43)cc2)cc1. The van der Waals surface area contributed by atoms with Gasteiger partial charge in [0.25, 0.3) is 10.0 Å². The summed E-state index contributed by atoms with van der Waals surface area (Å²) in [5.74, 6) is 0.317. The fraction of sp³-hybridized carbons (Fsp3) is 0.148. The number of H-pyrrole nitrogens is 1. The van der Waals surface area contributed by atoms with Crippen LogP contribution in [0.3, 0.4) is 0 Å². The molecule has 2 aromatic heterocycles. The maximum atomic E-state index is 13.5. The van der Waals surface area contributed by atoms with E-state index >= 15 is 0 Å². The van der Waals surface area contributed by atoms with Crippen molar-refractivity contribution in [2.75, 3.05) is 6.54 Å². The van der Waals surface area contributed by atoms with Gasteiger partial charge in [0.05, 0.1) is 26.5 Å². The predicted molar refractivity (Wildman–Crippen MR) is 147 cm³/mol. The van der Waals surface area contributed by atoms with Gasteiger partial charge in [-0.3, -0.25) is 9.67 Å². The van der Waals surface area contributed by atoms with E-state index in [4.69, 9.17) is 11.6 Å². The molecule has 0 unspecified atom stereocenters. The van der Waals surface area contributed by atoms with Gasteiger partial charge in [0.1, 0.15) is 5.69 Å². The number of alkyl halides is 3. The summed E-state index contributed by atoms with van der Waals surface area (Å²) in [6, 6.07) is 16.1. The molecule has 5 rings (SSSR count). The van der Waals surface area contributed by atoms with Crippen molar-refractivity contribution in [3.8, 4) is 17.2 Å². The summed E-state index contributed by atoms with van der Waals surface area (Å²) in [4.78, 5) is 16.6. The van der Waals surface area contributed by atoms with E-state index in [1.807, 2.05) is 11.6 Å². The zero-order chi connectivity index (χ0) is 29.4. The highest BCUT2D eigenvalue weighted by Gasteiger charge is 2.34. The largest absolute Gasteiger partial charge is 0.417 e. The van der Waals surface area contributed by atoms with Gasteiger partial charge in [-0.15, -0.1) is 0 Å². The number of carbonyl (C=O) groups excluding carboxylic acids is 1. The number of hydrogen-bond acceptors (Lipinski definition) is 5. The van der Waals surface area contributed by atoms with Crippen molar-refractivity contribution in [3.05, 3.63) is 94.6 Å². The summed E-state index contributed by atoms with van der Waals surface area (Å²) in [6.45, 7) is 1.97. The molecule has 9 nitrogen and oxygen atoms in total. The molecule has 2 amide bonds. The number of aromatic nitrogens is 4. The van der Waals surface area contributed by atoms with Gasteiger partial charge in [0.15, 0.2) is 5.82 Å². The number of nitrogens with one attached hydrogen (secondary N) is 3. The molecule has 0 bridgehead atoms. The standard InChI is InChI=1S/C27H22ClF3N6O3S/c1-16-2-8-19(9-3-16)41(39,40)36-26(38)32-12-10-17-4-6-18(7-5-17)37-24-15-21(28)20(27(29,30)31)14-23(24)34-25(37)22-11-13-33-35-22/h2-9,11,13-15H,10,12H2,1H3,(H,33,35)(H2,32,36,38). The molecule has 0 aliphatic rings. The number of aryl methyl sites for hydroxylation is 1. The van der Waals surface area contributed by atoms with Crippen LogP contribution in [0.2, 0.25) is 5.02 Å². The first-order valence-electron chi connectivity index (χ1n) is 12.2. The Morgan fingerprint density at radius 3 is 2.39 bits per heavy atom. The highest BCUT2D eigenvalue weighted by Crippen LogP contribution is 2.38. The number of urea groups is 1. The quantitative estimate of drug-likeness (QED) is 0.223. The Morgan fingerprint density at radius 1 is 1.05 bits per heavy atom. The van der Waals surface area contributed by atoms with Crippen LogP contribution in [0.15, 0.2) is 77.8 Å². The third-order valence-corrected chi connectivity index (χ3v) is 7.89. The van der Waals surface area contributed by atoms with Crippen LogP contribution in [0, 0.1) is 6.92 Å². The zero-order valence-corrected chi connectivity index (χ0v) is 22.9. The average molecular weight is 603 g/mol. The number of imidazole rings is 1. The van der Waals surface area contributed by atoms with Crippen LogP contribution in [0.1, 0.15) is 16.7 Å². The second-order valence-corrected chi connectivity index (χ2v) is 11.2. The minimum Gasteiger partial charge on any atom is -0.337 e. The molecule has 0 fully saturated rings. The van der Waals surface area contributed by atoms with Gasteiger partial charge in [-0.1, -0.05) is 41.4 Å². The van der Waals surface area contributed by atoms with Crippen LogP contribution >= 0.6 is 11.6 Å². The summed E-state index contributed by atoms with van der Waals surface area (Å²) < 4.78 is 68.8. The molecule has 0 radical (unpaired) electrons. The predicted octanol–water partition coefficient (Wildman–Crippen LogP) is 5.63. The third kappa shape index (κ3) is 6.05. The third-order valence-electron chi connectivity index (χ3n) is 6.23. The Balaban J connectivity index is 1.33. The highest BCUT2D eigenvalue weighted by atomic mass is 35.5. The maximum absolute atomic E-state index is 13.5. The van der Waals surface area contributed by atoms with E-state index in [0.717, 1.165) is 17.2 Å². The van der Waals surface area contributed by atoms with E-state index in [9.17, 15) is 26.4 Å². The van der Waals surface area contributed by atoms with Gasteiger partial charge in [-0.25, -0.2) is 22.9 Å². The van der Waals surface area contributed by atoms with Crippen LogP contribution in [-0.4, -0.2) is 40.7 Å². The molecule has 3 aromatic carbocycles. The van der Waals surface area contributed by atoms with E-state index in [1.54, 1.807) is 53.2 Å². The van der Waals surface area contributed by atoms with Crippen molar-refractivity contribution in [2.45, 2.75) is 24.4 Å². The summed E-state index contributed by atoms with van der Waals surface area (Å²) in [5.41, 5.74) is 2.20. The number of carbonyl (C=O) groups is 1. The lowest BCUT2D eigenvalue weighted by Gasteiger charge is -2.12. The van der Waals surface area contributed by atoms with Crippen LogP contribution in [0.4, 0.5) is 18.0 Å². The molecule has 0 aliphatic heterocycles. The summed E-state index contributed by atoms with van der Waals surface area (Å²) in [7, 11) is -4.01. The fourth-order valence-electron chi connectivity index (χ4n) is 4.20. The van der Waals surface area contributed by atoms with E-state index < -0.39 is 32.8 Å². The molecule has 212 valence electrons. The molecular weight excluding hydrogens is 581 g/mol. The summed E-state index contributed by atoms with van der Waals surface area (Å²) in [5, 5.41) is 8.88. The van der Waals surface area contributed by atoms with Crippen LogP contribution in [0.25, 0.3) is 28.2 Å². The normalized spacial score (nSPS) is 12.0. The molecule has 14 heteroatoms. The van der Waals surface area contributed by atoms with Gasteiger partial charge in [0.2, 0.25) is 0 Å². The molecule has 2 heterocycles. The minimum atomic E-state index is -4.64. The molecule has 0 saturated heterocycles. The lowest BCUT2D eigenvalue weighted by molar-refractivity contribution is -0.137. The van der Waals surface area contributed by atoms with Crippen LogP contribution < -0.4 is 10.0 Å². The number of hydrogen-bond donors (Lipinski definition) is 3. The number of nitrogens with zero attached hydrogens (tertiary/aromatic N) is 3. The fourth-order valence-corrected chi connectivity index (χ4v) is 5.39. The van der Waals surface area contributed by atoms with Crippen LogP contribution in [0.5, 0.6) is 0 Å². The first-order chi connectivity index (χ1) is 19.4. The number of aromatic amines is 1. The van der Waals surface area contributed by atoms with E-state index in [0.29, 0.717) is 29.1 Å². The van der Waals surface area contributed by atoms with Gasteiger partial charge in [-0.05, 0) is 61.4 Å². The van der Waals surface area contributed by atoms with Crippen molar-refractivity contribution in [1.82, 2.24) is 29.8 Å². The van der Waals surface area contributed by atoms with Gasteiger partial charge in [-0.2, -0.15) is 18.3 Å². The second-order valence-electron chi connectivity index (χ2n) is 9.14.